The molecule has 134 valence electrons. The molecule has 3 rings (SSSR count). The molecule has 0 radical (unpaired) electrons. The first-order valence-corrected chi connectivity index (χ1v) is 9.10. The fourth-order valence-corrected chi connectivity index (χ4v) is 3.34. The van der Waals surface area contributed by atoms with Gasteiger partial charge in [-0.1, -0.05) is 23.7 Å². The van der Waals surface area contributed by atoms with Gasteiger partial charge in [-0.2, -0.15) is 5.10 Å². The third-order valence-corrected chi connectivity index (χ3v) is 4.61. The van der Waals surface area contributed by atoms with E-state index in [-0.39, 0.29) is 18.1 Å². The minimum Gasteiger partial charge on any atom is -0.372 e. The van der Waals surface area contributed by atoms with Gasteiger partial charge in [0, 0.05) is 42.8 Å². The Labute approximate surface area is 153 Å². The molecule has 1 fully saturated rings. The highest BCUT2D eigenvalue weighted by Crippen LogP contribution is 2.21. The molecule has 1 saturated heterocycles. The summed E-state index contributed by atoms with van der Waals surface area (Å²) in [6, 6.07) is 7.70. The summed E-state index contributed by atoms with van der Waals surface area (Å²) in [7, 11) is 0. The predicted octanol–water partition coefficient (Wildman–Crippen LogP) is 3.62. The number of carbonyl (C=O) groups is 1. The highest BCUT2D eigenvalue weighted by Gasteiger charge is 2.25. The van der Waals surface area contributed by atoms with Crippen LogP contribution in [0.5, 0.6) is 0 Å². The van der Waals surface area contributed by atoms with Crippen molar-refractivity contribution in [3.05, 3.63) is 41.7 Å². The number of rotatable bonds is 5. The van der Waals surface area contributed by atoms with Crippen molar-refractivity contribution in [3.63, 3.8) is 0 Å². The van der Waals surface area contributed by atoms with Crippen LogP contribution < -0.4 is 0 Å². The molecule has 1 aliphatic heterocycles. The number of ether oxygens (including phenoxy) is 1. The highest BCUT2D eigenvalue weighted by molar-refractivity contribution is 6.30. The maximum atomic E-state index is 12.4. The van der Waals surface area contributed by atoms with Crippen LogP contribution in [0.1, 0.15) is 26.7 Å². The Bertz CT molecular complexity index is 704. The number of hydrogen-bond acceptors (Lipinski definition) is 3. The second-order valence-corrected chi connectivity index (χ2v) is 7.10. The lowest BCUT2D eigenvalue weighted by Gasteiger charge is -2.35. The SMILES string of the molecule is C[C@@H]1CN(C(=O)CCCn2cc(-c3ccc(Cl)cc3)cn2)C[C@@H](C)O1. The lowest BCUT2D eigenvalue weighted by Crippen LogP contribution is -2.48. The molecule has 2 heterocycles. The Morgan fingerprint density at radius 1 is 1.20 bits per heavy atom. The van der Waals surface area contributed by atoms with Crippen molar-refractivity contribution in [2.24, 2.45) is 0 Å². The average molecular weight is 362 g/mol. The van der Waals surface area contributed by atoms with Gasteiger partial charge >= 0.3 is 0 Å². The predicted molar refractivity (Wildman–Crippen MR) is 98.5 cm³/mol. The quantitative estimate of drug-likeness (QED) is 0.817. The van der Waals surface area contributed by atoms with Crippen LogP contribution in [-0.4, -0.2) is 45.9 Å². The van der Waals surface area contributed by atoms with Gasteiger partial charge in [-0.25, -0.2) is 0 Å². The van der Waals surface area contributed by atoms with E-state index in [0.717, 1.165) is 29.1 Å². The van der Waals surface area contributed by atoms with Gasteiger partial charge < -0.3 is 9.64 Å². The number of hydrogen-bond donors (Lipinski definition) is 0. The number of nitrogens with zero attached hydrogens (tertiary/aromatic N) is 3. The largest absolute Gasteiger partial charge is 0.372 e. The molecule has 0 spiro atoms. The third-order valence-electron chi connectivity index (χ3n) is 4.36. The summed E-state index contributed by atoms with van der Waals surface area (Å²) < 4.78 is 7.57. The molecule has 0 N–H and O–H groups in total. The molecule has 0 bridgehead atoms. The number of benzene rings is 1. The third kappa shape index (κ3) is 4.83. The van der Waals surface area contributed by atoms with Gasteiger partial charge in [-0.15, -0.1) is 0 Å². The summed E-state index contributed by atoms with van der Waals surface area (Å²) in [5.41, 5.74) is 2.14. The second-order valence-electron chi connectivity index (χ2n) is 6.66. The van der Waals surface area contributed by atoms with E-state index in [1.54, 1.807) is 0 Å². The van der Waals surface area contributed by atoms with E-state index in [0.29, 0.717) is 19.5 Å². The zero-order valence-electron chi connectivity index (χ0n) is 14.7. The minimum atomic E-state index is 0.112. The van der Waals surface area contributed by atoms with Crippen molar-refractivity contribution in [2.45, 2.75) is 45.4 Å². The Hall–Kier alpha value is -1.85. The topological polar surface area (TPSA) is 47.4 Å². The van der Waals surface area contributed by atoms with E-state index < -0.39 is 0 Å². The Morgan fingerprint density at radius 2 is 1.88 bits per heavy atom. The van der Waals surface area contributed by atoms with Gasteiger partial charge in [0.05, 0.1) is 18.4 Å². The number of aromatic nitrogens is 2. The minimum absolute atomic E-state index is 0.112. The molecule has 1 aromatic carbocycles. The van der Waals surface area contributed by atoms with E-state index in [2.05, 4.69) is 5.10 Å². The number of carbonyl (C=O) groups excluding carboxylic acids is 1. The van der Waals surface area contributed by atoms with Gasteiger partial charge in [0.25, 0.3) is 0 Å². The molecule has 1 aliphatic rings. The number of halogens is 1. The Morgan fingerprint density at radius 3 is 2.56 bits per heavy atom. The first kappa shape index (κ1) is 18.0. The zero-order chi connectivity index (χ0) is 17.8. The number of aryl methyl sites for hydroxylation is 1. The van der Waals surface area contributed by atoms with E-state index in [9.17, 15) is 4.79 Å². The van der Waals surface area contributed by atoms with Gasteiger partial charge in [0.1, 0.15) is 0 Å². The summed E-state index contributed by atoms with van der Waals surface area (Å²) in [5.74, 6) is 0.201. The van der Waals surface area contributed by atoms with Crippen LogP contribution in [0, 0.1) is 0 Å². The standard InChI is InChI=1S/C19H24ClN3O2/c1-14-11-22(12-15(2)25-14)19(24)4-3-9-23-13-17(10-21-23)16-5-7-18(20)8-6-16/h5-8,10,13-15H,3-4,9,11-12H2,1-2H3/t14-,15-/m1/s1. The monoisotopic (exact) mass is 361 g/mol. The fourth-order valence-electron chi connectivity index (χ4n) is 3.21. The fraction of sp³-hybridized carbons (Fsp3) is 0.474. The molecule has 0 saturated carbocycles. The molecule has 1 aromatic heterocycles. The Kier molecular flexibility index (Phi) is 5.76. The van der Waals surface area contributed by atoms with Gasteiger partial charge in [0.15, 0.2) is 0 Å². The molecule has 2 aromatic rings. The molecule has 1 amide bonds. The molecule has 0 aliphatic carbocycles. The van der Waals surface area contributed by atoms with Gasteiger partial charge in [-0.3, -0.25) is 9.48 Å². The first-order valence-electron chi connectivity index (χ1n) is 8.73. The average Bonchev–Trinajstić information content (AvgIpc) is 3.03. The molecular weight excluding hydrogens is 338 g/mol. The zero-order valence-corrected chi connectivity index (χ0v) is 15.4. The van der Waals surface area contributed by atoms with Crippen LogP contribution >= 0.6 is 11.6 Å². The first-order chi connectivity index (χ1) is 12.0. The van der Waals surface area contributed by atoms with Gasteiger partial charge in [-0.05, 0) is 38.0 Å². The van der Waals surface area contributed by atoms with Crippen molar-refractivity contribution >= 4 is 17.5 Å². The van der Waals surface area contributed by atoms with Crippen LogP contribution in [-0.2, 0) is 16.1 Å². The van der Waals surface area contributed by atoms with E-state index >= 15 is 0 Å². The maximum Gasteiger partial charge on any atom is 0.222 e. The highest BCUT2D eigenvalue weighted by atomic mass is 35.5. The van der Waals surface area contributed by atoms with Crippen LogP contribution in [0.2, 0.25) is 5.02 Å². The lowest BCUT2D eigenvalue weighted by atomic mass is 10.1. The summed E-state index contributed by atoms with van der Waals surface area (Å²) in [6.07, 6.45) is 5.39. The number of morpholine rings is 1. The maximum absolute atomic E-state index is 12.4. The summed E-state index contributed by atoms with van der Waals surface area (Å²) in [4.78, 5) is 14.3. The van der Waals surface area contributed by atoms with Crippen molar-refractivity contribution < 1.29 is 9.53 Å². The molecule has 25 heavy (non-hydrogen) atoms. The van der Waals surface area contributed by atoms with Crippen LogP contribution in [0.15, 0.2) is 36.7 Å². The van der Waals surface area contributed by atoms with E-state index in [1.807, 2.05) is 60.1 Å². The van der Waals surface area contributed by atoms with Crippen LogP contribution in [0.25, 0.3) is 11.1 Å². The Balaban J connectivity index is 1.49. The van der Waals surface area contributed by atoms with Crippen molar-refractivity contribution in [1.29, 1.82) is 0 Å². The summed E-state index contributed by atoms with van der Waals surface area (Å²) in [5, 5.41) is 5.11. The van der Waals surface area contributed by atoms with Crippen molar-refractivity contribution in [3.8, 4) is 11.1 Å². The molecule has 5 nitrogen and oxygen atoms in total. The molecule has 6 heteroatoms. The van der Waals surface area contributed by atoms with E-state index in [4.69, 9.17) is 16.3 Å². The van der Waals surface area contributed by atoms with Crippen LogP contribution in [0.4, 0.5) is 0 Å². The molecule has 2 atom stereocenters. The molecule has 0 unspecified atom stereocenters. The van der Waals surface area contributed by atoms with Crippen molar-refractivity contribution in [2.75, 3.05) is 13.1 Å². The van der Waals surface area contributed by atoms with Crippen molar-refractivity contribution in [1.82, 2.24) is 14.7 Å². The van der Waals surface area contributed by atoms with E-state index in [1.165, 1.54) is 0 Å². The molecular formula is C19H24ClN3O2. The summed E-state index contributed by atoms with van der Waals surface area (Å²) in [6.45, 7) is 6.13. The van der Waals surface area contributed by atoms with Crippen LogP contribution in [0.3, 0.4) is 0 Å². The second kappa shape index (κ2) is 8.02. The van der Waals surface area contributed by atoms with Gasteiger partial charge in [0.2, 0.25) is 5.91 Å². The smallest absolute Gasteiger partial charge is 0.222 e. The number of amides is 1. The normalized spacial score (nSPS) is 20.7. The summed E-state index contributed by atoms with van der Waals surface area (Å²) >= 11 is 5.92. The lowest BCUT2D eigenvalue weighted by molar-refractivity contribution is -0.143.